The van der Waals surface area contributed by atoms with Crippen molar-refractivity contribution in [2.45, 2.75) is 0 Å². The lowest BCUT2D eigenvalue weighted by Crippen LogP contribution is -2.11. The van der Waals surface area contributed by atoms with Gasteiger partial charge < -0.3 is 9.32 Å². The van der Waals surface area contributed by atoms with Crippen LogP contribution in [-0.4, -0.2) is 0 Å². The van der Waals surface area contributed by atoms with Crippen molar-refractivity contribution in [2.24, 2.45) is 0 Å². The van der Waals surface area contributed by atoms with E-state index >= 15 is 0 Å². The monoisotopic (exact) mass is 719 g/mol. The predicted molar refractivity (Wildman–Crippen MR) is 235 cm³/mol. The maximum atomic E-state index is 6.48. The van der Waals surface area contributed by atoms with Crippen molar-refractivity contribution in [1.29, 1.82) is 0 Å². The van der Waals surface area contributed by atoms with E-state index in [1.54, 1.807) is 0 Å². The predicted octanol–water partition coefficient (Wildman–Crippen LogP) is 15.6. The van der Waals surface area contributed by atoms with Crippen molar-refractivity contribution in [1.82, 2.24) is 0 Å². The van der Waals surface area contributed by atoms with Crippen LogP contribution in [0.5, 0.6) is 0 Å². The fraction of sp³-hybridized carbons (Fsp3) is 0. The summed E-state index contributed by atoms with van der Waals surface area (Å²) in [6.45, 7) is 0. The van der Waals surface area contributed by atoms with Gasteiger partial charge in [0, 0.05) is 53.9 Å². The molecule has 2 heterocycles. The Hall–Kier alpha value is -6.94. The second kappa shape index (κ2) is 12.9. The van der Waals surface area contributed by atoms with E-state index in [-0.39, 0.29) is 0 Å². The van der Waals surface area contributed by atoms with Gasteiger partial charge in [-0.05, 0) is 93.2 Å². The molecule has 258 valence electrons. The molecule has 9 aromatic carbocycles. The number of benzene rings is 9. The van der Waals surface area contributed by atoms with E-state index in [2.05, 4.69) is 193 Å². The highest BCUT2D eigenvalue weighted by atomic mass is 32.1. The largest absolute Gasteiger partial charge is 0.456 e. The quantitative estimate of drug-likeness (QED) is 0.170. The highest BCUT2D eigenvalue weighted by Crippen LogP contribution is 2.49. The molecule has 0 N–H and O–H groups in total. The molecule has 0 bridgehead atoms. The summed E-state index contributed by atoms with van der Waals surface area (Å²) in [5, 5.41) is 7.28. The van der Waals surface area contributed by atoms with Crippen molar-refractivity contribution in [3.05, 3.63) is 200 Å². The summed E-state index contributed by atoms with van der Waals surface area (Å²) < 4.78 is 9.03. The van der Waals surface area contributed by atoms with Gasteiger partial charge in [0.2, 0.25) is 0 Å². The van der Waals surface area contributed by atoms with Crippen LogP contribution in [0.25, 0.3) is 86.3 Å². The minimum absolute atomic E-state index is 0.868. The molecule has 11 aromatic rings. The first-order chi connectivity index (χ1) is 27.2. The molecule has 0 unspecified atom stereocenters. The Morgan fingerprint density at radius 3 is 1.84 bits per heavy atom. The molecule has 2 nitrogen and oxygen atoms in total. The van der Waals surface area contributed by atoms with Gasteiger partial charge in [-0.3, -0.25) is 0 Å². The smallest absolute Gasteiger partial charge is 0.137 e. The standard InChI is InChI=1S/C52H33NOS/c1-2-10-34(11-3-1)36-24-26-41(27-25-36)53(42-28-29-44-43-14-6-8-16-47(43)54-48(44)33-42)46-30-31-50-52(45-15-7-9-17-49(45)55-50)51(46)38-21-18-37(19-22-38)40-23-20-35-12-4-5-13-39(35)32-40/h1-33H. The Morgan fingerprint density at radius 1 is 0.364 bits per heavy atom. The average molecular weight is 720 g/mol. The molecule has 11 rings (SSSR count). The van der Waals surface area contributed by atoms with Crippen LogP contribution in [0.3, 0.4) is 0 Å². The van der Waals surface area contributed by atoms with E-state index in [1.165, 1.54) is 64.3 Å². The second-order valence-corrected chi connectivity index (χ2v) is 15.2. The van der Waals surface area contributed by atoms with Gasteiger partial charge >= 0.3 is 0 Å². The molecule has 0 saturated heterocycles. The van der Waals surface area contributed by atoms with Gasteiger partial charge in [-0.1, -0.05) is 140 Å². The van der Waals surface area contributed by atoms with Gasteiger partial charge in [-0.2, -0.15) is 0 Å². The zero-order valence-electron chi connectivity index (χ0n) is 29.8. The van der Waals surface area contributed by atoms with E-state index < -0.39 is 0 Å². The van der Waals surface area contributed by atoms with Crippen molar-refractivity contribution >= 4 is 81.3 Å². The Bertz CT molecular complexity index is 3190. The summed E-state index contributed by atoms with van der Waals surface area (Å²) in [6.07, 6.45) is 0. The third kappa shape index (κ3) is 5.40. The molecule has 0 radical (unpaired) electrons. The van der Waals surface area contributed by atoms with Gasteiger partial charge in [0.25, 0.3) is 0 Å². The lowest BCUT2D eigenvalue weighted by atomic mass is 9.94. The van der Waals surface area contributed by atoms with Gasteiger partial charge in [-0.15, -0.1) is 11.3 Å². The summed E-state index contributed by atoms with van der Waals surface area (Å²) in [7, 11) is 0. The van der Waals surface area contributed by atoms with E-state index in [1.807, 2.05) is 23.5 Å². The first-order valence-corrected chi connectivity index (χ1v) is 19.5. The van der Waals surface area contributed by atoms with Crippen LogP contribution in [0, 0.1) is 0 Å². The van der Waals surface area contributed by atoms with Crippen LogP contribution in [0.4, 0.5) is 17.1 Å². The summed E-state index contributed by atoms with van der Waals surface area (Å²) in [6, 6.07) is 72.3. The van der Waals surface area contributed by atoms with Crippen LogP contribution >= 0.6 is 11.3 Å². The molecule has 0 amide bonds. The minimum atomic E-state index is 0.868. The third-order valence-corrected chi connectivity index (χ3v) is 12.0. The van der Waals surface area contributed by atoms with Gasteiger partial charge in [-0.25, -0.2) is 0 Å². The molecule has 0 aliphatic heterocycles. The summed E-state index contributed by atoms with van der Waals surface area (Å²) >= 11 is 1.85. The molecule has 3 heteroatoms. The fourth-order valence-electron chi connectivity index (χ4n) is 8.20. The van der Waals surface area contributed by atoms with Gasteiger partial charge in [0.05, 0.1) is 5.69 Å². The molecule has 0 aliphatic carbocycles. The zero-order valence-corrected chi connectivity index (χ0v) is 30.6. The van der Waals surface area contributed by atoms with Gasteiger partial charge in [0.1, 0.15) is 11.2 Å². The number of hydrogen-bond donors (Lipinski definition) is 0. The van der Waals surface area contributed by atoms with Gasteiger partial charge in [0.15, 0.2) is 0 Å². The van der Waals surface area contributed by atoms with Crippen molar-refractivity contribution in [3.63, 3.8) is 0 Å². The first kappa shape index (κ1) is 31.6. The lowest BCUT2D eigenvalue weighted by molar-refractivity contribution is 0.669. The van der Waals surface area contributed by atoms with Crippen LogP contribution in [0.15, 0.2) is 205 Å². The van der Waals surface area contributed by atoms with Crippen molar-refractivity contribution < 1.29 is 4.42 Å². The SMILES string of the molecule is c1ccc(-c2ccc(N(c3ccc4c(c3)oc3ccccc34)c3ccc4sc5ccccc5c4c3-c3ccc(-c4ccc5ccccc5c4)cc3)cc2)cc1. The Morgan fingerprint density at radius 2 is 0.982 bits per heavy atom. The number of nitrogens with zero attached hydrogens (tertiary/aromatic N) is 1. The normalized spacial score (nSPS) is 11.6. The minimum Gasteiger partial charge on any atom is -0.456 e. The molecule has 0 spiro atoms. The highest BCUT2D eigenvalue weighted by Gasteiger charge is 2.23. The van der Waals surface area contributed by atoms with Crippen LogP contribution in [-0.2, 0) is 0 Å². The van der Waals surface area contributed by atoms with E-state index in [0.29, 0.717) is 0 Å². The molecule has 0 atom stereocenters. The molecular formula is C52H33NOS. The highest BCUT2D eigenvalue weighted by molar-refractivity contribution is 7.26. The summed E-state index contributed by atoms with van der Waals surface area (Å²) in [5.41, 5.74) is 12.1. The zero-order chi connectivity index (χ0) is 36.3. The third-order valence-electron chi connectivity index (χ3n) is 10.9. The number of anilines is 3. The molecule has 0 saturated carbocycles. The Kier molecular flexibility index (Phi) is 7.39. The molecule has 2 aromatic heterocycles. The topological polar surface area (TPSA) is 16.4 Å². The number of rotatable bonds is 6. The van der Waals surface area contributed by atoms with E-state index in [9.17, 15) is 0 Å². The number of furan rings is 1. The first-order valence-electron chi connectivity index (χ1n) is 18.7. The second-order valence-electron chi connectivity index (χ2n) is 14.1. The number of thiophene rings is 1. The molecule has 0 aliphatic rings. The lowest BCUT2D eigenvalue weighted by Gasteiger charge is -2.28. The number of fused-ring (bicyclic) bond motifs is 7. The number of para-hydroxylation sites is 1. The molecule has 55 heavy (non-hydrogen) atoms. The maximum Gasteiger partial charge on any atom is 0.137 e. The number of hydrogen-bond acceptors (Lipinski definition) is 3. The Labute approximate surface area is 322 Å². The molecule has 0 fully saturated rings. The molecular weight excluding hydrogens is 687 g/mol. The average Bonchev–Trinajstić information content (AvgIpc) is 3.82. The maximum absolute atomic E-state index is 6.48. The summed E-state index contributed by atoms with van der Waals surface area (Å²) in [5.74, 6) is 0. The Balaban J connectivity index is 1.14. The fourth-order valence-corrected chi connectivity index (χ4v) is 9.31. The van der Waals surface area contributed by atoms with Crippen LogP contribution in [0.2, 0.25) is 0 Å². The summed E-state index contributed by atoms with van der Waals surface area (Å²) in [4.78, 5) is 2.40. The van der Waals surface area contributed by atoms with E-state index in [4.69, 9.17) is 4.42 Å². The van der Waals surface area contributed by atoms with Crippen LogP contribution in [0.1, 0.15) is 0 Å². The van der Waals surface area contributed by atoms with E-state index in [0.717, 1.165) is 39.0 Å². The van der Waals surface area contributed by atoms with Crippen molar-refractivity contribution in [2.75, 3.05) is 4.90 Å². The van der Waals surface area contributed by atoms with Crippen LogP contribution < -0.4 is 4.90 Å². The van der Waals surface area contributed by atoms with Crippen molar-refractivity contribution in [3.8, 4) is 33.4 Å².